The maximum atomic E-state index is 13.1. The fourth-order valence-corrected chi connectivity index (χ4v) is 3.96. The van der Waals surface area contributed by atoms with Gasteiger partial charge >= 0.3 is 0 Å². The first-order chi connectivity index (χ1) is 14.9. The Morgan fingerprint density at radius 1 is 0.935 bits per heavy atom. The Balaban J connectivity index is 1.98. The van der Waals surface area contributed by atoms with Crippen molar-refractivity contribution >= 4 is 46.3 Å². The van der Waals surface area contributed by atoms with E-state index in [0.717, 1.165) is 0 Å². The summed E-state index contributed by atoms with van der Waals surface area (Å²) < 4.78 is 5.33. The number of Topliss-reactive ketones (excluding diaryl/α,β-unsaturated/α-hetero) is 1. The van der Waals surface area contributed by atoms with Gasteiger partial charge in [0.15, 0.2) is 0 Å². The molecule has 1 N–H and O–H groups in total. The van der Waals surface area contributed by atoms with Gasteiger partial charge in [0, 0.05) is 15.7 Å². The first-order valence-corrected chi connectivity index (χ1v) is 10.1. The number of halogens is 2. The lowest BCUT2D eigenvalue weighted by Gasteiger charge is -2.25. The molecule has 0 aliphatic carbocycles. The summed E-state index contributed by atoms with van der Waals surface area (Å²) in [6.45, 7) is 0. The summed E-state index contributed by atoms with van der Waals surface area (Å²) >= 11 is 12.2. The number of hydrogen-bond donors (Lipinski definition) is 1. The quantitative estimate of drug-likeness (QED) is 0.315. The van der Waals surface area contributed by atoms with E-state index in [1.54, 1.807) is 60.7 Å². The molecule has 31 heavy (non-hydrogen) atoms. The number of ketones is 1. The van der Waals surface area contributed by atoms with E-state index in [9.17, 15) is 14.7 Å². The van der Waals surface area contributed by atoms with Crippen molar-refractivity contribution in [1.82, 2.24) is 0 Å². The molecule has 4 rings (SSSR count). The molecular formula is C24H17Cl2NO4. The molecule has 5 nitrogen and oxygen atoms in total. The van der Waals surface area contributed by atoms with Crippen molar-refractivity contribution in [2.75, 3.05) is 12.0 Å². The summed E-state index contributed by atoms with van der Waals surface area (Å²) in [5, 5.41) is 12.1. The topological polar surface area (TPSA) is 66.8 Å². The van der Waals surface area contributed by atoms with Crippen LogP contribution in [0.3, 0.4) is 0 Å². The summed E-state index contributed by atoms with van der Waals surface area (Å²) in [4.78, 5) is 27.6. The number of amides is 1. The molecule has 7 heteroatoms. The van der Waals surface area contributed by atoms with Crippen molar-refractivity contribution in [2.24, 2.45) is 0 Å². The summed E-state index contributed by atoms with van der Waals surface area (Å²) in [6.07, 6.45) is 0. The van der Waals surface area contributed by atoms with Gasteiger partial charge in [0.1, 0.15) is 11.5 Å². The van der Waals surface area contributed by atoms with Gasteiger partial charge in [0.05, 0.1) is 24.3 Å². The summed E-state index contributed by atoms with van der Waals surface area (Å²) in [6, 6.07) is 19.4. The van der Waals surface area contributed by atoms with Crippen LogP contribution in [0.4, 0.5) is 5.69 Å². The predicted molar refractivity (Wildman–Crippen MR) is 121 cm³/mol. The molecule has 1 amide bonds. The van der Waals surface area contributed by atoms with Crippen LogP contribution in [0.1, 0.15) is 17.2 Å². The summed E-state index contributed by atoms with van der Waals surface area (Å²) in [5.41, 5.74) is 1.31. The number of aliphatic hydroxyl groups excluding tert-OH is 1. The lowest BCUT2D eigenvalue weighted by atomic mass is 9.95. The molecule has 0 saturated carbocycles. The zero-order valence-electron chi connectivity index (χ0n) is 16.4. The Kier molecular flexibility index (Phi) is 5.72. The van der Waals surface area contributed by atoms with Crippen LogP contribution in [-0.2, 0) is 9.59 Å². The molecule has 0 aromatic heterocycles. The van der Waals surface area contributed by atoms with Crippen LogP contribution >= 0.6 is 23.2 Å². The molecule has 3 aromatic rings. The SMILES string of the molecule is COc1ccc(Cl)cc1/C(O)=C1\C(=O)C(=O)N(c2ccccc2)C1c1ccc(Cl)cc1. The third kappa shape index (κ3) is 3.78. The van der Waals surface area contributed by atoms with Crippen LogP contribution in [0.2, 0.25) is 10.0 Å². The Hall–Kier alpha value is -3.28. The minimum absolute atomic E-state index is 0.0586. The normalized spacial score (nSPS) is 17.8. The number of rotatable bonds is 4. The van der Waals surface area contributed by atoms with Gasteiger partial charge in [-0.1, -0.05) is 53.5 Å². The maximum absolute atomic E-state index is 13.1. The minimum Gasteiger partial charge on any atom is -0.507 e. The highest BCUT2D eigenvalue weighted by molar-refractivity contribution is 6.51. The largest absolute Gasteiger partial charge is 0.507 e. The second-order valence-corrected chi connectivity index (χ2v) is 7.77. The van der Waals surface area contributed by atoms with Crippen LogP contribution in [-0.4, -0.2) is 23.9 Å². The van der Waals surface area contributed by atoms with E-state index in [4.69, 9.17) is 27.9 Å². The standard InChI is InChI=1S/C24H17Cl2NO4/c1-31-19-12-11-16(26)13-18(19)22(28)20-21(14-7-9-15(25)10-8-14)27(24(30)23(20)29)17-5-3-2-4-6-17/h2-13,21,28H,1H3/b22-20+. The van der Waals surface area contributed by atoms with Gasteiger partial charge in [-0.2, -0.15) is 0 Å². The first kappa shape index (κ1) is 21.0. The zero-order chi connectivity index (χ0) is 22.1. The molecule has 3 aromatic carbocycles. The molecular weight excluding hydrogens is 437 g/mol. The van der Waals surface area contributed by atoms with E-state index < -0.39 is 17.7 Å². The zero-order valence-corrected chi connectivity index (χ0v) is 17.9. The number of para-hydroxylation sites is 1. The van der Waals surface area contributed by atoms with Crippen molar-refractivity contribution in [3.8, 4) is 5.75 Å². The second-order valence-electron chi connectivity index (χ2n) is 6.90. The maximum Gasteiger partial charge on any atom is 0.300 e. The molecule has 1 heterocycles. The van der Waals surface area contributed by atoms with Gasteiger partial charge in [-0.25, -0.2) is 0 Å². The van der Waals surface area contributed by atoms with Crippen molar-refractivity contribution in [3.05, 3.63) is 99.5 Å². The Morgan fingerprint density at radius 2 is 1.58 bits per heavy atom. The van der Waals surface area contributed by atoms with E-state index in [2.05, 4.69) is 0 Å². The van der Waals surface area contributed by atoms with Crippen molar-refractivity contribution in [1.29, 1.82) is 0 Å². The first-order valence-electron chi connectivity index (χ1n) is 9.38. The Bertz CT molecular complexity index is 1190. The highest BCUT2D eigenvalue weighted by Gasteiger charge is 2.47. The lowest BCUT2D eigenvalue weighted by Crippen LogP contribution is -2.29. The number of methoxy groups -OCH3 is 1. The average molecular weight is 454 g/mol. The van der Waals surface area contributed by atoms with Crippen molar-refractivity contribution in [3.63, 3.8) is 0 Å². The number of ether oxygens (including phenoxy) is 1. The third-order valence-electron chi connectivity index (χ3n) is 5.08. The van der Waals surface area contributed by atoms with Gasteiger partial charge in [-0.3, -0.25) is 14.5 Å². The van der Waals surface area contributed by atoms with Crippen LogP contribution < -0.4 is 9.64 Å². The Labute approximate surface area is 189 Å². The van der Waals surface area contributed by atoms with Crippen LogP contribution in [0, 0.1) is 0 Å². The number of aliphatic hydroxyl groups is 1. The van der Waals surface area contributed by atoms with E-state index in [-0.39, 0.29) is 16.9 Å². The van der Waals surface area contributed by atoms with Gasteiger partial charge in [0.25, 0.3) is 11.7 Å². The number of nitrogens with zero attached hydrogens (tertiary/aromatic N) is 1. The molecule has 0 bridgehead atoms. The molecule has 156 valence electrons. The van der Waals surface area contributed by atoms with Gasteiger partial charge in [0.2, 0.25) is 0 Å². The smallest absolute Gasteiger partial charge is 0.300 e. The average Bonchev–Trinajstić information content (AvgIpc) is 3.05. The van der Waals surface area contributed by atoms with E-state index >= 15 is 0 Å². The molecule has 0 radical (unpaired) electrons. The number of carbonyl (C=O) groups excluding carboxylic acids is 2. The highest BCUT2D eigenvalue weighted by Crippen LogP contribution is 2.43. The molecule has 0 spiro atoms. The molecule has 1 fully saturated rings. The fraction of sp³-hybridized carbons (Fsp3) is 0.0833. The molecule has 1 saturated heterocycles. The number of anilines is 1. The molecule has 1 aliphatic rings. The van der Waals surface area contributed by atoms with E-state index in [0.29, 0.717) is 27.0 Å². The van der Waals surface area contributed by atoms with Crippen LogP contribution in [0.25, 0.3) is 5.76 Å². The summed E-state index contributed by atoms with van der Waals surface area (Å²) in [7, 11) is 1.44. The molecule has 1 atom stereocenters. The number of carbonyl (C=O) groups is 2. The highest BCUT2D eigenvalue weighted by atomic mass is 35.5. The lowest BCUT2D eigenvalue weighted by molar-refractivity contribution is -0.132. The minimum atomic E-state index is -0.858. The fourth-order valence-electron chi connectivity index (χ4n) is 3.66. The second kappa shape index (κ2) is 8.46. The predicted octanol–water partition coefficient (Wildman–Crippen LogP) is 5.63. The van der Waals surface area contributed by atoms with Crippen molar-refractivity contribution < 1.29 is 19.4 Å². The van der Waals surface area contributed by atoms with Crippen LogP contribution in [0.15, 0.2) is 78.4 Å². The van der Waals surface area contributed by atoms with Gasteiger partial charge in [-0.15, -0.1) is 0 Å². The van der Waals surface area contributed by atoms with E-state index in [1.807, 2.05) is 6.07 Å². The van der Waals surface area contributed by atoms with Crippen molar-refractivity contribution in [2.45, 2.75) is 6.04 Å². The van der Waals surface area contributed by atoms with Gasteiger partial charge in [-0.05, 0) is 48.0 Å². The molecule has 1 unspecified atom stereocenters. The third-order valence-corrected chi connectivity index (χ3v) is 5.57. The molecule has 1 aliphatic heterocycles. The Morgan fingerprint density at radius 3 is 2.23 bits per heavy atom. The number of benzene rings is 3. The van der Waals surface area contributed by atoms with Gasteiger partial charge < -0.3 is 9.84 Å². The summed E-state index contributed by atoms with van der Waals surface area (Å²) in [5.74, 6) is -1.59. The monoisotopic (exact) mass is 453 g/mol. The number of hydrogen-bond acceptors (Lipinski definition) is 4. The van der Waals surface area contributed by atoms with Crippen LogP contribution in [0.5, 0.6) is 5.75 Å². The van der Waals surface area contributed by atoms with E-state index in [1.165, 1.54) is 18.1 Å².